The van der Waals surface area contributed by atoms with Gasteiger partial charge in [0.05, 0.1) is 6.61 Å². The molecule has 0 amide bonds. The van der Waals surface area contributed by atoms with Crippen molar-refractivity contribution in [3.05, 3.63) is 23.8 Å². The Morgan fingerprint density at radius 1 is 1.37 bits per heavy atom. The molecule has 6 heteroatoms. The van der Waals surface area contributed by atoms with Crippen LogP contribution in [0.3, 0.4) is 0 Å². The van der Waals surface area contributed by atoms with E-state index in [-0.39, 0.29) is 17.9 Å². The number of carboxylic acids is 1. The molecule has 0 aliphatic heterocycles. The van der Waals surface area contributed by atoms with E-state index in [0.717, 1.165) is 0 Å². The van der Waals surface area contributed by atoms with Crippen LogP contribution in [0, 0.1) is 0 Å². The van der Waals surface area contributed by atoms with Gasteiger partial charge in [0, 0.05) is 11.8 Å². The second kappa shape index (κ2) is 6.63. The van der Waals surface area contributed by atoms with Gasteiger partial charge in [-0.25, -0.2) is 9.59 Å². The molecule has 1 atom stereocenters. The van der Waals surface area contributed by atoms with Crippen molar-refractivity contribution < 1.29 is 24.2 Å². The minimum absolute atomic E-state index is 0.0445. The number of ether oxygens (including phenoxy) is 2. The Hall–Kier alpha value is -2.24. The van der Waals surface area contributed by atoms with Gasteiger partial charge in [-0.05, 0) is 25.5 Å². The smallest absolute Gasteiger partial charge is 0.347 e. The lowest BCUT2D eigenvalue weighted by Gasteiger charge is -2.17. The molecular weight excluding hydrogens is 250 g/mol. The van der Waals surface area contributed by atoms with Crippen LogP contribution in [0.2, 0.25) is 0 Å². The second-order valence-electron chi connectivity index (χ2n) is 3.83. The molecule has 0 spiro atoms. The standard InChI is InChI=1S/C13H17NO5/c1-3-10(13(17)18-4-2)19-11-7-8(14)5-6-9(11)12(15)16/h5-7,10H,3-4,14H2,1-2H3,(H,15,16). The van der Waals surface area contributed by atoms with Gasteiger partial charge < -0.3 is 20.3 Å². The highest BCUT2D eigenvalue weighted by Crippen LogP contribution is 2.24. The number of aromatic carboxylic acids is 1. The number of nitrogen functional groups attached to an aromatic ring is 1. The Morgan fingerprint density at radius 3 is 2.58 bits per heavy atom. The summed E-state index contributed by atoms with van der Waals surface area (Å²) < 4.78 is 10.3. The van der Waals surface area contributed by atoms with E-state index in [2.05, 4.69) is 0 Å². The first kappa shape index (κ1) is 14.8. The molecule has 6 nitrogen and oxygen atoms in total. The number of hydrogen-bond donors (Lipinski definition) is 2. The SMILES string of the molecule is CCOC(=O)C(CC)Oc1cc(N)ccc1C(=O)O. The van der Waals surface area contributed by atoms with Crippen LogP contribution >= 0.6 is 0 Å². The molecule has 1 aromatic carbocycles. The first-order valence-corrected chi connectivity index (χ1v) is 5.95. The average molecular weight is 267 g/mol. The van der Waals surface area contributed by atoms with Crippen LogP contribution < -0.4 is 10.5 Å². The van der Waals surface area contributed by atoms with E-state index in [9.17, 15) is 9.59 Å². The molecule has 0 aromatic heterocycles. The van der Waals surface area contributed by atoms with Gasteiger partial charge in [0.1, 0.15) is 11.3 Å². The Morgan fingerprint density at radius 2 is 2.05 bits per heavy atom. The minimum Gasteiger partial charge on any atom is -0.478 e. The van der Waals surface area contributed by atoms with Gasteiger partial charge in [0.25, 0.3) is 0 Å². The molecule has 0 saturated heterocycles. The molecular formula is C13H17NO5. The summed E-state index contributed by atoms with van der Waals surface area (Å²) in [5.74, 6) is -1.61. The van der Waals surface area contributed by atoms with E-state index in [1.165, 1.54) is 18.2 Å². The number of hydrogen-bond acceptors (Lipinski definition) is 5. The predicted molar refractivity (Wildman–Crippen MR) is 69.2 cm³/mol. The van der Waals surface area contributed by atoms with Crippen molar-refractivity contribution in [1.82, 2.24) is 0 Å². The highest BCUT2D eigenvalue weighted by atomic mass is 16.6. The Labute approximate surface area is 111 Å². The molecule has 0 heterocycles. The fraction of sp³-hybridized carbons (Fsp3) is 0.385. The molecule has 0 radical (unpaired) electrons. The van der Waals surface area contributed by atoms with Crippen molar-refractivity contribution in [1.29, 1.82) is 0 Å². The van der Waals surface area contributed by atoms with Crippen LogP contribution in [0.5, 0.6) is 5.75 Å². The van der Waals surface area contributed by atoms with Crippen molar-refractivity contribution >= 4 is 17.6 Å². The lowest BCUT2D eigenvalue weighted by atomic mass is 10.1. The van der Waals surface area contributed by atoms with Gasteiger partial charge in [-0.2, -0.15) is 0 Å². The normalized spacial score (nSPS) is 11.7. The Bertz CT molecular complexity index is 472. The lowest BCUT2D eigenvalue weighted by molar-refractivity contribution is -0.151. The maximum atomic E-state index is 11.6. The number of rotatable bonds is 6. The van der Waals surface area contributed by atoms with Gasteiger partial charge >= 0.3 is 11.9 Å². The Balaban J connectivity index is 2.99. The fourth-order valence-electron chi connectivity index (χ4n) is 1.50. The molecule has 1 unspecified atom stereocenters. The molecule has 3 N–H and O–H groups in total. The number of carbonyl (C=O) groups excluding carboxylic acids is 1. The molecule has 19 heavy (non-hydrogen) atoms. The summed E-state index contributed by atoms with van der Waals surface area (Å²) >= 11 is 0. The van der Waals surface area contributed by atoms with Crippen molar-refractivity contribution in [3.8, 4) is 5.75 Å². The van der Waals surface area contributed by atoms with E-state index in [4.69, 9.17) is 20.3 Å². The third-order valence-electron chi connectivity index (χ3n) is 2.43. The zero-order valence-electron chi connectivity index (χ0n) is 10.9. The summed E-state index contributed by atoms with van der Waals surface area (Å²) in [6, 6.07) is 4.18. The number of carboxylic acid groups (broad SMARTS) is 1. The van der Waals surface area contributed by atoms with Gasteiger partial charge in [-0.3, -0.25) is 0 Å². The first-order valence-electron chi connectivity index (χ1n) is 5.95. The second-order valence-corrected chi connectivity index (χ2v) is 3.83. The molecule has 0 aliphatic rings. The van der Waals surface area contributed by atoms with Crippen LogP contribution in [-0.4, -0.2) is 29.8 Å². The van der Waals surface area contributed by atoms with Crippen molar-refractivity contribution in [2.45, 2.75) is 26.4 Å². The summed E-state index contributed by atoms with van der Waals surface area (Å²) in [6.45, 7) is 3.67. The third kappa shape index (κ3) is 3.87. The first-order chi connectivity index (χ1) is 8.99. The van der Waals surface area contributed by atoms with Crippen LogP contribution in [0.4, 0.5) is 5.69 Å². The van der Waals surface area contributed by atoms with Gasteiger partial charge in [-0.1, -0.05) is 6.92 Å². The van der Waals surface area contributed by atoms with Crippen LogP contribution in [-0.2, 0) is 9.53 Å². The summed E-state index contributed by atoms with van der Waals surface area (Å²) in [5, 5.41) is 9.05. The summed E-state index contributed by atoms with van der Waals surface area (Å²) in [4.78, 5) is 22.7. The number of nitrogens with two attached hydrogens (primary N) is 1. The topological polar surface area (TPSA) is 98.9 Å². The van der Waals surface area contributed by atoms with Crippen molar-refractivity contribution in [2.24, 2.45) is 0 Å². The lowest BCUT2D eigenvalue weighted by Crippen LogP contribution is -2.29. The Kier molecular flexibility index (Phi) is 5.17. The number of anilines is 1. The number of esters is 1. The minimum atomic E-state index is -1.14. The zero-order chi connectivity index (χ0) is 14.4. The summed E-state index contributed by atoms with van der Waals surface area (Å²) in [7, 11) is 0. The van der Waals surface area contributed by atoms with Gasteiger partial charge in [0.2, 0.25) is 0 Å². The molecule has 1 rings (SSSR count). The van der Waals surface area contributed by atoms with Crippen molar-refractivity contribution in [2.75, 3.05) is 12.3 Å². The van der Waals surface area contributed by atoms with Crippen LogP contribution in [0.15, 0.2) is 18.2 Å². The maximum Gasteiger partial charge on any atom is 0.347 e. The van der Waals surface area contributed by atoms with Gasteiger partial charge in [-0.15, -0.1) is 0 Å². The van der Waals surface area contributed by atoms with E-state index < -0.39 is 18.0 Å². The van der Waals surface area contributed by atoms with Crippen LogP contribution in [0.25, 0.3) is 0 Å². The quantitative estimate of drug-likeness (QED) is 0.601. The molecule has 0 bridgehead atoms. The number of carbonyl (C=O) groups is 2. The van der Waals surface area contributed by atoms with E-state index in [1.807, 2.05) is 0 Å². The average Bonchev–Trinajstić information content (AvgIpc) is 2.35. The van der Waals surface area contributed by atoms with Crippen molar-refractivity contribution in [3.63, 3.8) is 0 Å². The summed E-state index contributed by atoms with van der Waals surface area (Å²) in [5.41, 5.74) is 5.91. The zero-order valence-corrected chi connectivity index (χ0v) is 10.9. The maximum absolute atomic E-state index is 11.6. The molecule has 0 aliphatic carbocycles. The molecule has 0 fully saturated rings. The third-order valence-corrected chi connectivity index (χ3v) is 2.43. The molecule has 0 saturated carbocycles. The van der Waals surface area contributed by atoms with E-state index in [0.29, 0.717) is 12.1 Å². The molecule has 1 aromatic rings. The van der Waals surface area contributed by atoms with E-state index >= 15 is 0 Å². The predicted octanol–water partition coefficient (Wildman–Crippen LogP) is 1.69. The monoisotopic (exact) mass is 267 g/mol. The summed E-state index contributed by atoms with van der Waals surface area (Å²) in [6.07, 6.45) is -0.480. The van der Waals surface area contributed by atoms with Crippen LogP contribution in [0.1, 0.15) is 30.6 Å². The van der Waals surface area contributed by atoms with E-state index in [1.54, 1.807) is 13.8 Å². The largest absolute Gasteiger partial charge is 0.478 e. The highest BCUT2D eigenvalue weighted by molar-refractivity contribution is 5.91. The number of benzene rings is 1. The molecule has 104 valence electrons. The fourth-order valence-corrected chi connectivity index (χ4v) is 1.50. The van der Waals surface area contributed by atoms with Gasteiger partial charge in [0.15, 0.2) is 6.10 Å². The highest BCUT2D eigenvalue weighted by Gasteiger charge is 2.22.